The zero-order valence-corrected chi connectivity index (χ0v) is 8.81. The minimum Gasteiger partial charge on any atom is -0.481 e. The van der Waals surface area contributed by atoms with Gasteiger partial charge in [0.05, 0.1) is 18.6 Å². The minimum atomic E-state index is -1.03. The standard InChI is InChI=1S/C10H20O4/c1-7(2)3-4-8(11)5-9(12)6-10(13)14/h7-9,11-12H,3-6H2,1-2H3,(H,13,14). The van der Waals surface area contributed by atoms with Crippen LogP contribution in [-0.4, -0.2) is 33.5 Å². The Bertz CT molecular complexity index is 168. The van der Waals surface area contributed by atoms with E-state index in [4.69, 9.17) is 5.11 Å². The Labute approximate surface area is 84.6 Å². The van der Waals surface area contributed by atoms with Crippen LogP contribution in [0.3, 0.4) is 0 Å². The average Bonchev–Trinajstić information content (AvgIpc) is 1.98. The maximum Gasteiger partial charge on any atom is 0.305 e. The molecular weight excluding hydrogens is 184 g/mol. The lowest BCUT2D eigenvalue weighted by atomic mass is 10.0. The van der Waals surface area contributed by atoms with Gasteiger partial charge in [-0.1, -0.05) is 13.8 Å². The Kier molecular flexibility index (Phi) is 6.49. The minimum absolute atomic E-state index is 0.152. The quantitative estimate of drug-likeness (QED) is 0.578. The molecule has 0 aliphatic rings. The van der Waals surface area contributed by atoms with Crippen LogP contribution in [-0.2, 0) is 4.79 Å². The van der Waals surface area contributed by atoms with E-state index in [1.165, 1.54) is 0 Å². The molecule has 0 saturated heterocycles. The van der Waals surface area contributed by atoms with E-state index in [0.717, 1.165) is 6.42 Å². The van der Waals surface area contributed by atoms with E-state index in [0.29, 0.717) is 12.3 Å². The molecule has 0 aromatic carbocycles. The van der Waals surface area contributed by atoms with Crippen LogP contribution in [0.5, 0.6) is 0 Å². The average molecular weight is 204 g/mol. The number of hydrogen-bond acceptors (Lipinski definition) is 3. The number of carboxylic acids is 1. The van der Waals surface area contributed by atoms with Crippen LogP contribution in [0.2, 0.25) is 0 Å². The van der Waals surface area contributed by atoms with Crippen LogP contribution in [0, 0.1) is 5.92 Å². The molecule has 0 rings (SSSR count). The van der Waals surface area contributed by atoms with Crippen LogP contribution >= 0.6 is 0 Å². The van der Waals surface area contributed by atoms with Gasteiger partial charge in [0.25, 0.3) is 0 Å². The van der Waals surface area contributed by atoms with Gasteiger partial charge in [-0.2, -0.15) is 0 Å². The van der Waals surface area contributed by atoms with Crippen LogP contribution < -0.4 is 0 Å². The highest BCUT2D eigenvalue weighted by molar-refractivity contribution is 5.67. The lowest BCUT2D eigenvalue weighted by Gasteiger charge is -2.14. The molecule has 84 valence electrons. The molecule has 0 spiro atoms. The first-order valence-electron chi connectivity index (χ1n) is 4.99. The van der Waals surface area contributed by atoms with Crippen molar-refractivity contribution in [1.29, 1.82) is 0 Å². The van der Waals surface area contributed by atoms with Crippen LogP contribution in [0.15, 0.2) is 0 Å². The molecule has 0 bridgehead atoms. The summed E-state index contributed by atoms with van der Waals surface area (Å²) >= 11 is 0. The molecular formula is C10H20O4. The van der Waals surface area contributed by atoms with Gasteiger partial charge in [0, 0.05) is 0 Å². The monoisotopic (exact) mass is 204 g/mol. The van der Waals surface area contributed by atoms with Gasteiger partial charge < -0.3 is 15.3 Å². The fourth-order valence-corrected chi connectivity index (χ4v) is 1.24. The molecule has 2 unspecified atom stereocenters. The molecule has 3 N–H and O–H groups in total. The molecule has 14 heavy (non-hydrogen) atoms. The molecule has 0 heterocycles. The SMILES string of the molecule is CC(C)CCC(O)CC(O)CC(=O)O. The van der Waals surface area contributed by atoms with E-state index < -0.39 is 18.2 Å². The zero-order valence-electron chi connectivity index (χ0n) is 8.81. The maximum atomic E-state index is 10.2. The van der Waals surface area contributed by atoms with Crippen LogP contribution in [0.1, 0.15) is 39.5 Å². The molecule has 0 aromatic heterocycles. The number of aliphatic hydroxyl groups is 2. The fourth-order valence-electron chi connectivity index (χ4n) is 1.24. The van der Waals surface area contributed by atoms with Crippen molar-refractivity contribution in [2.24, 2.45) is 5.92 Å². The van der Waals surface area contributed by atoms with E-state index in [2.05, 4.69) is 13.8 Å². The summed E-state index contributed by atoms with van der Waals surface area (Å²) in [6.07, 6.45) is -0.158. The fraction of sp³-hybridized carbons (Fsp3) is 0.900. The second-order valence-electron chi connectivity index (χ2n) is 4.11. The molecule has 0 radical (unpaired) electrons. The second kappa shape index (κ2) is 6.79. The molecule has 0 fully saturated rings. The van der Waals surface area contributed by atoms with Crippen molar-refractivity contribution in [3.8, 4) is 0 Å². The van der Waals surface area contributed by atoms with E-state index in [9.17, 15) is 15.0 Å². The Morgan fingerprint density at radius 2 is 1.71 bits per heavy atom. The predicted molar refractivity (Wildman–Crippen MR) is 53.0 cm³/mol. The van der Waals surface area contributed by atoms with Gasteiger partial charge in [-0.15, -0.1) is 0 Å². The smallest absolute Gasteiger partial charge is 0.305 e. The second-order valence-corrected chi connectivity index (χ2v) is 4.11. The third-order valence-corrected chi connectivity index (χ3v) is 2.03. The molecule has 4 heteroatoms. The van der Waals surface area contributed by atoms with Crippen molar-refractivity contribution in [2.45, 2.75) is 51.7 Å². The predicted octanol–water partition coefficient (Wildman–Crippen LogP) is 1.01. The number of hydrogen-bond donors (Lipinski definition) is 3. The van der Waals surface area contributed by atoms with E-state index >= 15 is 0 Å². The van der Waals surface area contributed by atoms with Gasteiger partial charge >= 0.3 is 5.97 Å². The molecule has 4 nitrogen and oxygen atoms in total. The Balaban J connectivity index is 3.59. The molecule has 2 atom stereocenters. The van der Waals surface area contributed by atoms with Crippen molar-refractivity contribution >= 4 is 5.97 Å². The largest absolute Gasteiger partial charge is 0.481 e. The Morgan fingerprint density at radius 1 is 1.14 bits per heavy atom. The lowest BCUT2D eigenvalue weighted by Crippen LogP contribution is -2.20. The van der Waals surface area contributed by atoms with Gasteiger partial charge in [0.1, 0.15) is 0 Å². The van der Waals surface area contributed by atoms with Gasteiger partial charge in [-0.05, 0) is 25.2 Å². The number of carboxylic acid groups (broad SMARTS) is 1. The normalized spacial score (nSPS) is 15.5. The number of carbonyl (C=O) groups is 1. The van der Waals surface area contributed by atoms with E-state index in [1.54, 1.807) is 0 Å². The number of aliphatic carboxylic acids is 1. The summed E-state index contributed by atoms with van der Waals surface area (Å²) in [6.45, 7) is 4.11. The van der Waals surface area contributed by atoms with Crippen molar-refractivity contribution in [2.75, 3.05) is 0 Å². The van der Waals surface area contributed by atoms with Crippen molar-refractivity contribution in [1.82, 2.24) is 0 Å². The Morgan fingerprint density at radius 3 is 2.14 bits per heavy atom. The molecule has 0 amide bonds. The number of aliphatic hydroxyl groups excluding tert-OH is 2. The summed E-state index contributed by atoms with van der Waals surface area (Å²) in [4.78, 5) is 10.2. The van der Waals surface area contributed by atoms with E-state index in [1.807, 2.05) is 0 Å². The van der Waals surface area contributed by atoms with Gasteiger partial charge in [-0.25, -0.2) is 0 Å². The van der Waals surface area contributed by atoms with Gasteiger partial charge in [0.2, 0.25) is 0 Å². The highest BCUT2D eigenvalue weighted by Crippen LogP contribution is 2.11. The summed E-state index contributed by atoms with van der Waals surface area (Å²) in [7, 11) is 0. The Hall–Kier alpha value is -0.610. The van der Waals surface area contributed by atoms with Gasteiger partial charge in [-0.3, -0.25) is 4.79 Å². The van der Waals surface area contributed by atoms with Crippen LogP contribution in [0.25, 0.3) is 0 Å². The highest BCUT2D eigenvalue weighted by Gasteiger charge is 2.15. The van der Waals surface area contributed by atoms with Crippen molar-refractivity contribution in [3.05, 3.63) is 0 Å². The maximum absolute atomic E-state index is 10.2. The zero-order chi connectivity index (χ0) is 11.1. The van der Waals surface area contributed by atoms with Crippen molar-refractivity contribution in [3.63, 3.8) is 0 Å². The molecule has 0 aliphatic heterocycles. The molecule has 0 aliphatic carbocycles. The van der Waals surface area contributed by atoms with Crippen molar-refractivity contribution < 1.29 is 20.1 Å². The van der Waals surface area contributed by atoms with E-state index in [-0.39, 0.29) is 12.8 Å². The lowest BCUT2D eigenvalue weighted by molar-refractivity contribution is -0.139. The van der Waals surface area contributed by atoms with Gasteiger partial charge in [0.15, 0.2) is 0 Å². The summed E-state index contributed by atoms with van der Waals surface area (Å²) in [5.41, 5.74) is 0. The highest BCUT2D eigenvalue weighted by atomic mass is 16.4. The first-order valence-corrected chi connectivity index (χ1v) is 4.99. The topological polar surface area (TPSA) is 77.8 Å². The summed E-state index contributed by atoms with van der Waals surface area (Å²) in [6, 6.07) is 0. The summed E-state index contributed by atoms with van der Waals surface area (Å²) in [5.74, 6) is -0.519. The third-order valence-electron chi connectivity index (χ3n) is 2.03. The molecule has 0 saturated carbocycles. The molecule has 0 aromatic rings. The number of rotatable bonds is 7. The summed E-state index contributed by atoms with van der Waals surface area (Å²) in [5, 5.41) is 27.0. The third kappa shape index (κ3) is 8.01. The first kappa shape index (κ1) is 13.4. The van der Waals surface area contributed by atoms with Crippen LogP contribution in [0.4, 0.5) is 0 Å². The first-order chi connectivity index (χ1) is 6.41. The summed E-state index contributed by atoms with van der Waals surface area (Å²) < 4.78 is 0.